The first-order valence-corrected chi connectivity index (χ1v) is 6.86. The van der Waals surface area contributed by atoms with Gasteiger partial charge >= 0.3 is 5.97 Å². The van der Waals surface area contributed by atoms with Gasteiger partial charge in [-0.3, -0.25) is 0 Å². The summed E-state index contributed by atoms with van der Waals surface area (Å²) in [4.78, 5) is 10.6. The van der Waals surface area contributed by atoms with Crippen LogP contribution in [0.5, 0.6) is 11.5 Å². The first-order chi connectivity index (χ1) is 9.95. The minimum absolute atomic E-state index is 0.500. The van der Waals surface area contributed by atoms with Gasteiger partial charge in [0.15, 0.2) is 0 Å². The first-order valence-electron chi connectivity index (χ1n) is 6.10. The fourth-order valence-corrected chi connectivity index (χ4v) is 2.01. The molecule has 0 aliphatic rings. The highest BCUT2D eigenvalue weighted by Gasteiger charge is 2.06. The van der Waals surface area contributed by atoms with Crippen molar-refractivity contribution in [2.45, 2.75) is 6.92 Å². The zero-order chi connectivity index (χ0) is 15.4. The number of carboxylic acid groups (broad SMARTS) is 1. The molecule has 5 heteroatoms. The quantitative estimate of drug-likeness (QED) is 0.787. The molecule has 0 saturated carbocycles. The molecule has 1 N–H and O–H groups in total. The molecule has 0 radical (unpaired) electrons. The van der Waals surface area contributed by atoms with Gasteiger partial charge in [0.05, 0.1) is 0 Å². The van der Waals surface area contributed by atoms with Crippen molar-refractivity contribution < 1.29 is 14.6 Å². The summed E-state index contributed by atoms with van der Waals surface area (Å²) in [5.74, 6) is 0.0890. The zero-order valence-corrected chi connectivity index (χ0v) is 12.7. The van der Waals surface area contributed by atoms with Crippen LogP contribution in [0, 0.1) is 6.92 Å². The zero-order valence-electron chi connectivity index (χ0n) is 11.1. The molecule has 0 bridgehead atoms. The molecule has 0 aliphatic heterocycles. The highest BCUT2D eigenvalue weighted by molar-refractivity contribution is 6.31. The van der Waals surface area contributed by atoms with E-state index in [2.05, 4.69) is 0 Å². The average Bonchev–Trinajstić information content (AvgIpc) is 2.43. The van der Waals surface area contributed by atoms with E-state index in [4.69, 9.17) is 33.0 Å². The third-order valence-electron chi connectivity index (χ3n) is 2.73. The van der Waals surface area contributed by atoms with Gasteiger partial charge in [-0.2, -0.15) is 0 Å². The van der Waals surface area contributed by atoms with Crippen LogP contribution in [0.15, 0.2) is 42.5 Å². The smallest absolute Gasteiger partial charge is 0.328 e. The predicted octanol–water partition coefficient (Wildman–Crippen LogP) is 5.19. The van der Waals surface area contributed by atoms with E-state index in [1.165, 1.54) is 6.08 Å². The van der Waals surface area contributed by atoms with Gasteiger partial charge in [-0.25, -0.2) is 4.79 Å². The Morgan fingerprint density at radius 1 is 1.19 bits per heavy atom. The molecule has 2 rings (SSSR count). The van der Waals surface area contributed by atoms with Gasteiger partial charge in [-0.05, 0) is 55.0 Å². The summed E-state index contributed by atoms with van der Waals surface area (Å²) in [6.45, 7) is 1.88. The van der Waals surface area contributed by atoms with Crippen molar-refractivity contribution in [2.75, 3.05) is 0 Å². The summed E-state index contributed by atoms with van der Waals surface area (Å²) < 4.78 is 5.77. The molecule has 0 fully saturated rings. The second-order valence-electron chi connectivity index (χ2n) is 4.37. The lowest BCUT2D eigenvalue weighted by Crippen LogP contribution is -1.90. The molecular weight excluding hydrogens is 311 g/mol. The summed E-state index contributed by atoms with van der Waals surface area (Å²) in [7, 11) is 0. The van der Waals surface area contributed by atoms with Crippen molar-refractivity contribution in [3.05, 3.63) is 63.6 Å². The number of ether oxygens (including phenoxy) is 1. The monoisotopic (exact) mass is 322 g/mol. The van der Waals surface area contributed by atoms with Crippen molar-refractivity contribution in [3.8, 4) is 11.5 Å². The fourth-order valence-electron chi connectivity index (χ4n) is 1.71. The van der Waals surface area contributed by atoms with E-state index >= 15 is 0 Å². The third-order valence-corrected chi connectivity index (χ3v) is 3.39. The van der Waals surface area contributed by atoms with E-state index in [0.717, 1.165) is 11.6 Å². The molecule has 0 aliphatic carbocycles. The van der Waals surface area contributed by atoms with Gasteiger partial charge in [-0.15, -0.1) is 0 Å². The Kier molecular flexibility index (Phi) is 4.89. The maximum atomic E-state index is 10.6. The van der Waals surface area contributed by atoms with Crippen LogP contribution >= 0.6 is 23.2 Å². The Hall–Kier alpha value is -1.97. The Balaban J connectivity index is 2.34. The van der Waals surface area contributed by atoms with E-state index in [9.17, 15) is 4.79 Å². The summed E-state index contributed by atoms with van der Waals surface area (Å²) in [6.07, 6.45) is 2.47. The number of benzene rings is 2. The van der Waals surface area contributed by atoms with Gasteiger partial charge in [0.2, 0.25) is 0 Å². The standard InChI is InChI=1S/C16H12Cl2O3/c1-10-8-13(4-5-14(10)18)21-15-6-3-12(17)9-11(15)2-7-16(19)20/h2-9H,1H3,(H,19,20)/b7-2+. The number of hydrogen-bond acceptors (Lipinski definition) is 2. The van der Waals surface area contributed by atoms with Gasteiger partial charge in [-0.1, -0.05) is 23.2 Å². The molecule has 0 unspecified atom stereocenters. The van der Waals surface area contributed by atoms with Crippen LogP contribution in [0.4, 0.5) is 0 Å². The van der Waals surface area contributed by atoms with Crippen LogP contribution in [-0.2, 0) is 4.79 Å². The molecule has 0 heterocycles. The van der Waals surface area contributed by atoms with Crippen LogP contribution in [0.2, 0.25) is 10.0 Å². The highest BCUT2D eigenvalue weighted by atomic mass is 35.5. The van der Waals surface area contributed by atoms with Gasteiger partial charge in [0, 0.05) is 21.7 Å². The molecule has 3 nitrogen and oxygen atoms in total. The van der Waals surface area contributed by atoms with E-state index in [-0.39, 0.29) is 0 Å². The molecule has 2 aromatic carbocycles. The second kappa shape index (κ2) is 6.66. The normalized spacial score (nSPS) is 10.8. The molecule has 0 aromatic heterocycles. The molecule has 0 amide bonds. The lowest BCUT2D eigenvalue weighted by atomic mass is 10.2. The van der Waals surface area contributed by atoms with Crippen LogP contribution < -0.4 is 4.74 Å². The first kappa shape index (κ1) is 15.4. The van der Waals surface area contributed by atoms with E-state index < -0.39 is 5.97 Å². The SMILES string of the molecule is Cc1cc(Oc2ccc(Cl)cc2/C=C/C(=O)O)ccc1Cl. The summed E-state index contributed by atoms with van der Waals surface area (Å²) in [6, 6.07) is 10.3. The van der Waals surface area contributed by atoms with Crippen LogP contribution in [0.1, 0.15) is 11.1 Å². The Labute approximate surface area is 132 Å². The fraction of sp³-hybridized carbons (Fsp3) is 0.0625. The molecule has 108 valence electrons. The number of carboxylic acids is 1. The molecule has 0 spiro atoms. The van der Waals surface area contributed by atoms with Gasteiger partial charge in [0.1, 0.15) is 11.5 Å². The maximum Gasteiger partial charge on any atom is 0.328 e. The van der Waals surface area contributed by atoms with Crippen LogP contribution in [0.25, 0.3) is 6.08 Å². The lowest BCUT2D eigenvalue weighted by molar-refractivity contribution is -0.131. The van der Waals surface area contributed by atoms with Crippen LogP contribution in [0.3, 0.4) is 0 Å². The predicted molar refractivity (Wildman–Crippen MR) is 84.4 cm³/mol. The topological polar surface area (TPSA) is 46.5 Å². The largest absolute Gasteiger partial charge is 0.478 e. The highest BCUT2D eigenvalue weighted by Crippen LogP contribution is 2.30. The van der Waals surface area contributed by atoms with Crippen molar-refractivity contribution >= 4 is 35.2 Å². The van der Waals surface area contributed by atoms with Gasteiger partial charge in [0.25, 0.3) is 0 Å². The van der Waals surface area contributed by atoms with E-state index in [0.29, 0.717) is 27.1 Å². The average molecular weight is 323 g/mol. The number of aryl methyl sites for hydroxylation is 1. The number of rotatable bonds is 4. The van der Waals surface area contributed by atoms with Crippen molar-refractivity contribution in [1.82, 2.24) is 0 Å². The number of carbonyl (C=O) groups is 1. The van der Waals surface area contributed by atoms with E-state index in [1.807, 2.05) is 13.0 Å². The molecule has 2 aromatic rings. The summed E-state index contributed by atoms with van der Waals surface area (Å²) in [5.41, 5.74) is 1.48. The van der Waals surface area contributed by atoms with Crippen LogP contribution in [-0.4, -0.2) is 11.1 Å². The molecule has 0 atom stereocenters. The minimum atomic E-state index is -1.04. The van der Waals surface area contributed by atoms with E-state index in [1.54, 1.807) is 30.3 Å². The summed E-state index contributed by atoms with van der Waals surface area (Å²) >= 11 is 11.9. The molecule has 0 saturated heterocycles. The van der Waals surface area contributed by atoms with Gasteiger partial charge < -0.3 is 9.84 Å². The number of hydrogen-bond donors (Lipinski definition) is 1. The third kappa shape index (κ3) is 4.25. The summed E-state index contributed by atoms with van der Waals surface area (Å²) in [5, 5.41) is 9.87. The Morgan fingerprint density at radius 3 is 2.62 bits per heavy atom. The second-order valence-corrected chi connectivity index (χ2v) is 5.21. The number of aliphatic carboxylic acids is 1. The Bertz CT molecular complexity index is 709. The van der Waals surface area contributed by atoms with Crippen molar-refractivity contribution in [2.24, 2.45) is 0 Å². The number of halogens is 2. The lowest BCUT2D eigenvalue weighted by Gasteiger charge is -2.10. The molecular formula is C16H12Cl2O3. The van der Waals surface area contributed by atoms with Crippen molar-refractivity contribution in [3.63, 3.8) is 0 Å². The van der Waals surface area contributed by atoms with Crippen molar-refractivity contribution in [1.29, 1.82) is 0 Å². The molecule has 21 heavy (non-hydrogen) atoms. The minimum Gasteiger partial charge on any atom is -0.478 e. The maximum absolute atomic E-state index is 10.6. The Morgan fingerprint density at radius 2 is 1.95 bits per heavy atom.